The number of benzene rings is 3. The van der Waals surface area contributed by atoms with Crippen LogP contribution in [-0.2, 0) is 6.54 Å². The average Bonchev–Trinajstić information content (AvgIpc) is 3.01. The lowest BCUT2D eigenvalue weighted by Crippen LogP contribution is -2.50. The van der Waals surface area contributed by atoms with E-state index in [0.717, 1.165) is 10.9 Å². The Balaban J connectivity index is 1.27. The van der Waals surface area contributed by atoms with Gasteiger partial charge >= 0.3 is 0 Å². The van der Waals surface area contributed by atoms with Crippen LogP contribution >= 0.6 is 11.6 Å². The lowest BCUT2D eigenvalue weighted by molar-refractivity contribution is 0.0595. The molecule has 200 valence electrons. The molecule has 5 aromatic rings. The minimum atomic E-state index is -0.333. The highest BCUT2D eigenvalue weighted by molar-refractivity contribution is 6.30. The molecule has 1 fully saturated rings. The minimum absolute atomic E-state index is 0.1000. The van der Waals surface area contributed by atoms with Crippen LogP contribution in [0.4, 0.5) is 0 Å². The van der Waals surface area contributed by atoms with Crippen LogP contribution in [0.25, 0.3) is 11.0 Å². The van der Waals surface area contributed by atoms with Gasteiger partial charge in [-0.2, -0.15) is 0 Å². The molecule has 40 heavy (non-hydrogen) atoms. The third-order valence-corrected chi connectivity index (χ3v) is 7.78. The van der Waals surface area contributed by atoms with Crippen LogP contribution in [0.5, 0.6) is 0 Å². The summed E-state index contributed by atoms with van der Waals surface area (Å²) < 4.78 is 1.59. The third-order valence-electron chi connectivity index (χ3n) is 7.53. The topological polar surface area (TPSA) is 58.4 Å². The Morgan fingerprint density at radius 3 is 2.05 bits per heavy atom. The van der Waals surface area contributed by atoms with Crippen molar-refractivity contribution in [1.29, 1.82) is 0 Å². The summed E-state index contributed by atoms with van der Waals surface area (Å²) in [4.78, 5) is 36.2. The van der Waals surface area contributed by atoms with E-state index in [4.69, 9.17) is 11.6 Å². The number of carbonyl (C=O) groups is 1. The molecule has 0 saturated carbocycles. The van der Waals surface area contributed by atoms with Crippen LogP contribution in [0.2, 0.25) is 5.02 Å². The van der Waals surface area contributed by atoms with Crippen LogP contribution in [0, 0.1) is 0 Å². The zero-order chi connectivity index (χ0) is 27.5. The van der Waals surface area contributed by atoms with E-state index < -0.39 is 0 Å². The second-order valence-electron chi connectivity index (χ2n) is 10.0. The molecule has 0 aliphatic carbocycles. The number of hydrogen-bond donors (Lipinski definition) is 0. The molecule has 0 radical (unpaired) electrons. The van der Waals surface area contributed by atoms with Gasteiger partial charge in [-0.1, -0.05) is 84.4 Å². The molecule has 7 heteroatoms. The van der Waals surface area contributed by atoms with E-state index in [0.29, 0.717) is 43.4 Å². The van der Waals surface area contributed by atoms with Crippen molar-refractivity contribution in [2.75, 3.05) is 26.2 Å². The first-order valence-corrected chi connectivity index (χ1v) is 13.8. The van der Waals surface area contributed by atoms with Crippen LogP contribution < -0.4 is 5.56 Å². The highest BCUT2D eigenvalue weighted by Gasteiger charge is 2.30. The molecular weight excluding hydrogens is 520 g/mol. The van der Waals surface area contributed by atoms with Gasteiger partial charge in [0.25, 0.3) is 11.5 Å². The molecule has 6 nitrogen and oxygen atoms in total. The summed E-state index contributed by atoms with van der Waals surface area (Å²) in [5.41, 5.74) is 3.74. The summed E-state index contributed by atoms with van der Waals surface area (Å²) in [6, 6.07) is 33.8. The fourth-order valence-corrected chi connectivity index (χ4v) is 5.64. The van der Waals surface area contributed by atoms with Crippen molar-refractivity contribution in [3.63, 3.8) is 0 Å². The number of aromatic nitrogens is 2. The fourth-order valence-electron chi connectivity index (χ4n) is 5.52. The molecule has 0 bridgehead atoms. The smallest absolute Gasteiger partial charge is 0.265 e. The zero-order valence-electron chi connectivity index (χ0n) is 22.0. The highest BCUT2D eigenvalue weighted by Crippen LogP contribution is 2.29. The summed E-state index contributed by atoms with van der Waals surface area (Å²) in [6.07, 6.45) is 1.66. The van der Waals surface area contributed by atoms with Crippen molar-refractivity contribution in [2.24, 2.45) is 0 Å². The molecule has 1 amide bonds. The standard InChI is InChI=1S/C33H29ClN4O2/c34-28-15-13-24(14-16-28)23-38-31-27(12-7-17-35-31)22-29(33(38)40)32(39)37-20-18-36(19-21-37)30(25-8-3-1-4-9-25)26-10-5-2-6-11-26/h1-17,22,30H,18-21,23H2. The number of piperazine rings is 1. The second-order valence-corrected chi connectivity index (χ2v) is 10.5. The Morgan fingerprint density at radius 1 is 0.800 bits per heavy atom. The molecule has 3 aromatic carbocycles. The highest BCUT2D eigenvalue weighted by atomic mass is 35.5. The lowest BCUT2D eigenvalue weighted by Gasteiger charge is -2.39. The van der Waals surface area contributed by atoms with Crippen molar-refractivity contribution in [2.45, 2.75) is 12.6 Å². The summed E-state index contributed by atoms with van der Waals surface area (Å²) in [6.45, 7) is 2.78. The van der Waals surface area contributed by atoms with Gasteiger partial charge in [0.15, 0.2) is 0 Å². The van der Waals surface area contributed by atoms with E-state index in [-0.39, 0.29) is 23.1 Å². The van der Waals surface area contributed by atoms with Gasteiger partial charge in [0, 0.05) is 42.8 Å². The van der Waals surface area contributed by atoms with Crippen LogP contribution in [0.1, 0.15) is 33.1 Å². The van der Waals surface area contributed by atoms with Gasteiger partial charge in [-0.3, -0.25) is 19.1 Å². The van der Waals surface area contributed by atoms with Gasteiger partial charge in [0.05, 0.1) is 12.6 Å². The molecule has 0 atom stereocenters. The Labute approximate surface area is 238 Å². The summed E-state index contributed by atoms with van der Waals surface area (Å²) in [5.74, 6) is -0.240. The van der Waals surface area contributed by atoms with E-state index in [1.54, 1.807) is 33.9 Å². The molecule has 0 spiro atoms. The largest absolute Gasteiger partial charge is 0.336 e. The first kappa shape index (κ1) is 26.0. The minimum Gasteiger partial charge on any atom is -0.336 e. The molecule has 6 rings (SSSR count). The van der Waals surface area contributed by atoms with E-state index >= 15 is 0 Å². The summed E-state index contributed by atoms with van der Waals surface area (Å²) in [5, 5.41) is 1.38. The van der Waals surface area contributed by atoms with E-state index in [2.05, 4.69) is 58.4 Å². The molecule has 3 heterocycles. The molecule has 2 aromatic heterocycles. The van der Waals surface area contributed by atoms with Crippen molar-refractivity contribution in [1.82, 2.24) is 19.4 Å². The third kappa shape index (κ3) is 5.28. The normalized spacial score (nSPS) is 14.1. The van der Waals surface area contributed by atoms with Gasteiger partial charge < -0.3 is 4.90 Å². The quantitative estimate of drug-likeness (QED) is 0.275. The monoisotopic (exact) mass is 548 g/mol. The predicted molar refractivity (Wildman–Crippen MR) is 159 cm³/mol. The maximum absolute atomic E-state index is 13.8. The predicted octanol–water partition coefficient (Wildman–Crippen LogP) is 5.65. The van der Waals surface area contributed by atoms with Crippen LogP contribution in [-0.4, -0.2) is 51.4 Å². The number of nitrogens with zero attached hydrogens (tertiary/aromatic N) is 4. The molecule has 1 saturated heterocycles. The van der Waals surface area contributed by atoms with Gasteiger partial charge in [-0.25, -0.2) is 4.98 Å². The Bertz CT molecular complexity index is 1640. The van der Waals surface area contributed by atoms with Crippen molar-refractivity contribution >= 4 is 28.5 Å². The molecule has 1 aliphatic heterocycles. The maximum Gasteiger partial charge on any atom is 0.265 e. The Morgan fingerprint density at radius 2 is 1.43 bits per heavy atom. The lowest BCUT2D eigenvalue weighted by atomic mass is 9.96. The SMILES string of the molecule is O=C(c1cc2cccnc2n(Cc2ccc(Cl)cc2)c1=O)N1CCN(C(c2ccccc2)c2ccccc2)CC1. The number of hydrogen-bond acceptors (Lipinski definition) is 4. The van der Waals surface area contributed by atoms with Crippen molar-refractivity contribution in [3.05, 3.63) is 147 Å². The number of halogens is 1. The van der Waals surface area contributed by atoms with Crippen LogP contribution in [0.15, 0.2) is 114 Å². The molecule has 0 N–H and O–H groups in total. The summed E-state index contributed by atoms with van der Waals surface area (Å²) >= 11 is 6.06. The number of fused-ring (bicyclic) bond motifs is 1. The second kappa shape index (κ2) is 11.5. The number of amides is 1. The maximum atomic E-state index is 13.8. The zero-order valence-corrected chi connectivity index (χ0v) is 22.7. The summed E-state index contributed by atoms with van der Waals surface area (Å²) in [7, 11) is 0. The van der Waals surface area contributed by atoms with Gasteiger partial charge in [0.1, 0.15) is 11.2 Å². The first-order valence-electron chi connectivity index (χ1n) is 13.4. The van der Waals surface area contributed by atoms with Crippen molar-refractivity contribution in [3.8, 4) is 0 Å². The van der Waals surface area contributed by atoms with E-state index in [1.807, 2.05) is 36.4 Å². The van der Waals surface area contributed by atoms with E-state index in [1.165, 1.54) is 11.1 Å². The molecule has 1 aliphatic rings. The number of rotatable bonds is 6. The molecular formula is C33H29ClN4O2. The van der Waals surface area contributed by atoms with Gasteiger partial charge in [0.2, 0.25) is 0 Å². The Kier molecular flexibility index (Phi) is 7.45. The first-order chi connectivity index (χ1) is 19.6. The number of carbonyl (C=O) groups excluding carboxylic acids is 1. The average molecular weight is 549 g/mol. The Hall–Kier alpha value is -4.26. The fraction of sp³-hybridized carbons (Fsp3) is 0.182. The van der Waals surface area contributed by atoms with E-state index in [9.17, 15) is 9.59 Å². The molecule has 0 unspecified atom stereocenters. The van der Waals surface area contributed by atoms with Crippen LogP contribution in [0.3, 0.4) is 0 Å². The number of pyridine rings is 2. The van der Waals surface area contributed by atoms with Gasteiger partial charge in [-0.15, -0.1) is 0 Å². The van der Waals surface area contributed by atoms with Gasteiger partial charge in [-0.05, 0) is 47.0 Å². The van der Waals surface area contributed by atoms with Crippen molar-refractivity contribution < 1.29 is 4.79 Å².